The largest absolute Gasteiger partial charge is 0.464 e. The van der Waals surface area contributed by atoms with Crippen molar-refractivity contribution in [1.82, 2.24) is 15.3 Å². The van der Waals surface area contributed by atoms with Crippen LogP contribution in [0.15, 0.2) is 27.8 Å². The molecule has 0 spiro atoms. The summed E-state index contributed by atoms with van der Waals surface area (Å²) in [5, 5.41) is 4.27. The third-order valence-electron chi connectivity index (χ3n) is 3.16. The molecule has 1 aliphatic rings. The molecule has 0 amide bonds. The number of furan rings is 1. The lowest BCUT2D eigenvalue weighted by Gasteiger charge is -2.02. The maximum absolute atomic E-state index is 5.81. The molecule has 4 nitrogen and oxygen atoms in total. The van der Waals surface area contributed by atoms with Gasteiger partial charge in [0.05, 0.1) is 12.3 Å². The lowest BCUT2D eigenvalue weighted by Crippen LogP contribution is -2.14. The highest BCUT2D eigenvalue weighted by Gasteiger charge is 2.20. The molecule has 2 aromatic heterocycles. The van der Waals surface area contributed by atoms with Crippen LogP contribution in [0.2, 0.25) is 0 Å². The van der Waals surface area contributed by atoms with E-state index in [1.807, 2.05) is 32.0 Å². The number of thioether (sulfide) groups is 1. The van der Waals surface area contributed by atoms with Crippen LogP contribution in [0.5, 0.6) is 0 Å². The molecule has 106 valence electrons. The Bertz CT molecular complexity index is 572. The van der Waals surface area contributed by atoms with E-state index >= 15 is 0 Å². The van der Waals surface area contributed by atoms with Gasteiger partial charge in [0.1, 0.15) is 11.5 Å². The second kappa shape index (κ2) is 5.97. The van der Waals surface area contributed by atoms with Gasteiger partial charge in [0.25, 0.3) is 0 Å². The molecule has 0 bridgehead atoms. The second-order valence-electron chi connectivity index (χ2n) is 5.25. The van der Waals surface area contributed by atoms with Gasteiger partial charge in [-0.15, -0.1) is 0 Å². The molecule has 1 saturated carbocycles. The van der Waals surface area contributed by atoms with Gasteiger partial charge in [-0.3, -0.25) is 0 Å². The van der Waals surface area contributed by atoms with E-state index in [0.717, 1.165) is 40.4 Å². The maximum atomic E-state index is 5.81. The summed E-state index contributed by atoms with van der Waals surface area (Å²) in [6.07, 6.45) is 2.60. The number of aryl methyl sites for hydroxylation is 2. The molecule has 2 aromatic rings. The highest BCUT2D eigenvalue weighted by molar-refractivity contribution is 7.98. The van der Waals surface area contributed by atoms with Crippen LogP contribution in [0.1, 0.15) is 35.7 Å². The minimum absolute atomic E-state index is 0.710. The molecule has 0 aliphatic heterocycles. The Labute approximate surface area is 123 Å². The van der Waals surface area contributed by atoms with Gasteiger partial charge in [-0.25, -0.2) is 9.97 Å². The lowest BCUT2D eigenvalue weighted by atomic mass is 10.4. The fourth-order valence-electron chi connectivity index (χ4n) is 2.02. The lowest BCUT2D eigenvalue weighted by molar-refractivity contribution is 0.458. The van der Waals surface area contributed by atoms with E-state index in [-0.39, 0.29) is 0 Å². The molecule has 0 unspecified atom stereocenters. The van der Waals surface area contributed by atoms with Gasteiger partial charge >= 0.3 is 0 Å². The summed E-state index contributed by atoms with van der Waals surface area (Å²) in [5.41, 5.74) is 2.02. The van der Waals surface area contributed by atoms with Gasteiger partial charge < -0.3 is 9.73 Å². The Balaban J connectivity index is 1.54. The molecule has 1 aliphatic carbocycles. The molecule has 0 atom stereocenters. The van der Waals surface area contributed by atoms with Crippen molar-refractivity contribution in [2.75, 3.05) is 0 Å². The van der Waals surface area contributed by atoms with Crippen molar-refractivity contribution in [3.63, 3.8) is 0 Å². The fraction of sp³-hybridized carbons (Fsp3) is 0.467. The van der Waals surface area contributed by atoms with Gasteiger partial charge in [-0.05, 0) is 44.9 Å². The van der Waals surface area contributed by atoms with E-state index in [9.17, 15) is 0 Å². The van der Waals surface area contributed by atoms with Crippen molar-refractivity contribution in [3.05, 3.63) is 41.1 Å². The van der Waals surface area contributed by atoms with Crippen molar-refractivity contribution in [1.29, 1.82) is 0 Å². The SMILES string of the molecule is Cc1cc(C)nc(SCc2ccc(CNC3CC3)o2)n1. The summed E-state index contributed by atoms with van der Waals surface area (Å²) in [7, 11) is 0. The molecule has 2 heterocycles. The number of nitrogens with zero attached hydrogens (tertiary/aromatic N) is 2. The van der Waals surface area contributed by atoms with Gasteiger partial charge in [0.2, 0.25) is 0 Å². The first-order chi connectivity index (χ1) is 9.69. The van der Waals surface area contributed by atoms with E-state index in [1.165, 1.54) is 12.8 Å². The van der Waals surface area contributed by atoms with Crippen LogP contribution in [0, 0.1) is 13.8 Å². The predicted molar refractivity (Wildman–Crippen MR) is 79.6 cm³/mol. The summed E-state index contributed by atoms with van der Waals surface area (Å²) < 4.78 is 5.81. The van der Waals surface area contributed by atoms with E-state index in [1.54, 1.807) is 11.8 Å². The zero-order valence-corrected chi connectivity index (χ0v) is 12.7. The Morgan fingerprint density at radius 3 is 2.60 bits per heavy atom. The molecule has 20 heavy (non-hydrogen) atoms. The normalized spacial score (nSPS) is 14.7. The monoisotopic (exact) mass is 289 g/mol. The number of aromatic nitrogens is 2. The fourth-order valence-corrected chi connectivity index (χ4v) is 2.86. The first-order valence-electron chi connectivity index (χ1n) is 6.95. The number of hydrogen-bond donors (Lipinski definition) is 1. The van der Waals surface area contributed by atoms with Crippen molar-refractivity contribution >= 4 is 11.8 Å². The van der Waals surface area contributed by atoms with Crippen molar-refractivity contribution in [2.24, 2.45) is 0 Å². The van der Waals surface area contributed by atoms with E-state index < -0.39 is 0 Å². The zero-order valence-electron chi connectivity index (χ0n) is 11.8. The van der Waals surface area contributed by atoms with Crippen LogP contribution in [-0.2, 0) is 12.3 Å². The molecule has 0 aromatic carbocycles. The average Bonchev–Trinajstić information content (AvgIpc) is 3.12. The van der Waals surface area contributed by atoms with Gasteiger partial charge in [0, 0.05) is 17.4 Å². The summed E-state index contributed by atoms with van der Waals surface area (Å²) in [6.45, 7) is 4.82. The minimum Gasteiger partial charge on any atom is -0.464 e. The van der Waals surface area contributed by atoms with Gasteiger partial charge in [-0.2, -0.15) is 0 Å². The Morgan fingerprint density at radius 2 is 1.90 bits per heavy atom. The van der Waals surface area contributed by atoms with E-state index in [2.05, 4.69) is 15.3 Å². The molecular weight excluding hydrogens is 270 g/mol. The summed E-state index contributed by atoms with van der Waals surface area (Å²) in [5.74, 6) is 2.76. The molecule has 0 radical (unpaired) electrons. The average molecular weight is 289 g/mol. The first kappa shape index (κ1) is 13.6. The highest BCUT2D eigenvalue weighted by atomic mass is 32.2. The van der Waals surface area contributed by atoms with Crippen molar-refractivity contribution in [2.45, 2.75) is 50.2 Å². The Morgan fingerprint density at radius 1 is 1.20 bits per heavy atom. The molecule has 0 saturated heterocycles. The summed E-state index contributed by atoms with van der Waals surface area (Å²) in [4.78, 5) is 8.84. The van der Waals surface area contributed by atoms with Gasteiger partial charge in [-0.1, -0.05) is 11.8 Å². The third kappa shape index (κ3) is 3.84. The minimum atomic E-state index is 0.710. The van der Waals surface area contributed by atoms with Crippen LogP contribution in [0.4, 0.5) is 0 Å². The van der Waals surface area contributed by atoms with Crippen molar-refractivity contribution < 1.29 is 4.42 Å². The van der Waals surface area contributed by atoms with Crippen LogP contribution in [-0.4, -0.2) is 16.0 Å². The molecule has 1 N–H and O–H groups in total. The first-order valence-corrected chi connectivity index (χ1v) is 7.93. The van der Waals surface area contributed by atoms with Crippen LogP contribution >= 0.6 is 11.8 Å². The Kier molecular flexibility index (Phi) is 4.08. The topological polar surface area (TPSA) is 51.0 Å². The summed E-state index contributed by atoms with van der Waals surface area (Å²) in [6, 6.07) is 6.79. The van der Waals surface area contributed by atoms with Crippen molar-refractivity contribution in [3.8, 4) is 0 Å². The van der Waals surface area contributed by atoms with Crippen LogP contribution in [0.25, 0.3) is 0 Å². The highest BCUT2D eigenvalue weighted by Crippen LogP contribution is 2.23. The number of hydrogen-bond acceptors (Lipinski definition) is 5. The predicted octanol–water partition coefficient (Wildman–Crippen LogP) is 3.23. The molecule has 1 fully saturated rings. The third-order valence-corrected chi connectivity index (χ3v) is 4.03. The van der Waals surface area contributed by atoms with Crippen LogP contribution < -0.4 is 5.32 Å². The standard InChI is InChI=1S/C15H19N3OS/c1-10-7-11(2)18-15(17-10)20-9-14-6-5-13(19-14)8-16-12-3-4-12/h5-7,12,16H,3-4,8-9H2,1-2H3. The zero-order chi connectivity index (χ0) is 13.9. The maximum Gasteiger partial charge on any atom is 0.188 e. The second-order valence-corrected chi connectivity index (χ2v) is 6.19. The molecule has 3 rings (SSSR count). The van der Waals surface area contributed by atoms with E-state index in [0.29, 0.717) is 6.04 Å². The smallest absolute Gasteiger partial charge is 0.188 e. The number of rotatable bonds is 6. The van der Waals surface area contributed by atoms with Gasteiger partial charge in [0.15, 0.2) is 5.16 Å². The van der Waals surface area contributed by atoms with E-state index in [4.69, 9.17) is 4.42 Å². The van der Waals surface area contributed by atoms with Crippen LogP contribution in [0.3, 0.4) is 0 Å². The number of nitrogens with one attached hydrogen (secondary N) is 1. The molecular formula is C15H19N3OS. The molecule has 5 heteroatoms. The Hall–Kier alpha value is -1.33. The quantitative estimate of drug-likeness (QED) is 0.653. The summed E-state index contributed by atoms with van der Waals surface area (Å²) >= 11 is 1.62.